The summed E-state index contributed by atoms with van der Waals surface area (Å²) in [6.45, 7) is 3.87. The number of nitrogens with zero attached hydrogens (tertiary/aromatic N) is 2. The van der Waals surface area contributed by atoms with Crippen LogP contribution in [0.2, 0.25) is 0 Å². The van der Waals surface area contributed by atoms with Crippen molar-refractivity contribution in [3.63, 3.8) is 0 Å². The van der Waals surface area contributed by atoms with Crippen molar-refractivity contribution in [2.24, 2.45) is 0 Å². The number of rotatable bonds is 3. The van der Waals surface area contributed by atoms with Crippen LogP contribution in [0.4, 0.5) is 5.82 Å². The lowest BCUT2D eigenvalue weighted by Crippen LogP contribution is -2.08. The maximum Gasteiger partial charge on any atom is 0.131 e. The molecular formula is C11H12BrN3O. The number of furan rings is 1. The highest BCUT2D eigenvalue weighted by atomic mass is 79.9. The van der Waals surface area contributed by atoms with Crippen LogP contribution in [0, 0.1) is 6.92 Å². The molecule has 84 valence electrons. The van der Waals surface area contributed by atoms with Gasteiger partial charge >= 0.3 is 0 Å². The summed E-state index contributed by atoms with van der Waals surface area (Å²) in [4.78, 5) is 8.44. The topological polar surface area (TPSA) is 51.0 Å². The van der Waals surface area contributed by atoms with Gasteiger partial charge in [-0.05, 0) is 41.9 Å². The fourth-order valence-corrected chi connectivity index (χ4v) is 1.91. The normalized spacial score (nSPS) is 12.4. The minimum atomic E-state index is 0.0798. The molecule has 0 aliphatic heterocycles. The van der Waals surface area contributed by atoms with E-state index in [1.807, 2.05) is 32.0 Å². The summed E-state index contributed by atoms with van der Waals surface area (Å²) in [7, 11) is 0. The van der Waals surface area contributed by atoms with Crippen LogP contribution in [0.25, 0.3) is 0 Å². The van der Waals surface area contributed by atoms with Crippen molar-refractivity contribution in [3.8, 4) is 0 Å². The molecule has 0 saturated carbocycles. The molecule has 0 aromatic carbocycles. The molecule has 2 aromatic rings. The van der Waals surface area contributed by atoms with E-state index in [0.717, 1.165) is 22.0 Å². The highest BCUT2D eigenvalue weighted by molar-refractivity contribution is 9.10. The molecule has 5 heteroatoms. The van der Waals surface area contributed by atoms with Crippen molar-refractivity contribution in [1.82, 2.24) is 9.97 Å². The largest absolute Gasteiger partial charge is 0.467 e. The number of nitrogens with one attached hydrogen (secondary N) is 1. The van der Waals surface area contributed by atoms with Gasteiger partial charge in [0.1, 0.15) is 22.0 Å². The molecule has 0 aliphatic carbocycles. The third-order valence-electron chi connectivity index (χ3n) is 2.14. The predicted octanol–water partition coefficient (Wildman–Crippen LogP) is 3.31. The monoisotopic (exact) mass is 281 g/mol. The second kappa shape index (κ2) is 4.65. The van der Waals surface area contributed by atoms with Crippen molar-refractivity contribution in [2.45, 2.75) is 19.9 Å². The number of halogens is 1. The molecule has 2 heterocycles. The van der Waals surface area contributed by atoms with Gasteiger partial charge in [0, 0.05) is 6.07 Å². The fraction of sp³-hybridized carbons (Fsp3) is 0.273. The molecule has 1 atom stereocenters. The summed E-state index contributed by atoms with van der Waals surface area (Å²) < 4.78 is 6.08. The first-order valence-corrected chi connectivity index (χ1v) is 5.75. The van der Waals surface area contributed by atoms with Crippen molar-refractivity contribution in [2.75, 3.05) is 5.32 Å². The Kier molecular flexibility index (Phi) is 3.24. The van der Waals surface area contributed by atoms with E-state index in [4.69, 9.17) is 4.42 Å². The van der Waals surface area contributed by atoms with E-state index in [9.17, 15) is 0 Å². The van der Waals surface area contributed by atoms with E-state index >= 15 is 0 Å². The summed E-state index contributed by atoms with van der Waals surface area (Å²) in [5.74, 6) is 2.39. The Morgan fingerprint density at radius 2 is 2.25 bits per heavy atom. The number of aromatic nitrogens is 2. The third-order valence-corrected chi connectivity index (χ3v) is 2.55. The van der Waals surface area contributed by atoms with Crippen LogP contribution in [0.5, 0.6) is 0 Å². The lowest BCUT2D eigenvalue weighted by molar-refractivity contribution is 0.490. The summed E-state index contributed by atoms with van der Waals surface area (Å²) in [5, 5.41) is 3.25. The van der Waals surface area contributed by atoms with E-state index in [2.05, 4.69) is 31.2 Å². The summed E-state index contributed by atoms with van der Waals surface area (Å²) in [5.41, 5.74) is 0. The fourth-order valence-electron chi connectivity index (χ4n) is 1.44. The zero-order chi connectivity index (χ0) is 11.5. The van der Waals surface area contributed by atoms with Gasteiger partial charge in [0.05, 0.1) is 12.3 Å². The standard InChI is InChI=1S/C11H12BrN3O/c1-7(9-4-3-5-16-9)13-11-6-10(12)14-8(2)15-11/h3-7H,1-2H3,(H,13,14,15). The van der Waals surface area contributed by atoms with Gasteiger partial charge in [-0.25, -0.2) is 9.97 Å². The van der Waals surface area contributed by atoms with Gasteiger partial charge in [-0.1, -0.05) is 0 Å². The molecule has 2 rings (SSSR count). The Bertz CT molecular complexity index is 450. The zero-order valence-corrected chi connectivity index (χ0v) is 10.7. The highest BCUT2D eigenvalue weighted by Gasteiger charge is 2.09. The summed E-state index contributed by atoms with van der Waals surface area (Å²) in [6, 6.07) is 5.72. The minimum absolute atomic E-state index is 0.0798. The van der Waals surface area contributed by atoms with Crippen molar-refractivity contribution in [3.05, 3.63) is 40.7 Å². The summed E-state index contributed by atoms with van der Waals surface area (Å²) >= 11 is 3.34. The van der Waals surface area contributed by atoms with Gasteiger partial charge in [-0.15, -0.1) is 0 Å². The molecule has 0 aliphatic rings. The molecule has 2 aromatic heterocycles. The van der Waals surface area contributed by atoms with Gasteiger partial charge in [0.2, 0.25) is 0 Å². The quantitative estimate of drug-likeness (QED) is 0.877. The SMILES string of the molecule is Cc1nc(Br)cc(NC(C)c2ccco2)n1. The molecule has 16 heavy (non-hydrogen) atoms. The number of hydrogen-bond acceptors (Lipinski definition) is 4. The molecule has 1 unspecified atom stereocenters. The molecule has 0 spiro atoms. The molecule has 0 radical (unpaired) electrons. The molecule has 0 saturated heterocycles. The molecule has 4 nitrogen and oxygen atoms in total. The van der Waals surface area contributed by atoms with Crippen molar-refractivity contribution < 1.29 is 4.42 Å². The zero-order valence-electron chi connectivity index (χ0n) is 9.07. The van der Waals surface area contributed by atoms with Gasteiger partial charge in [-0.2, -0.15) is 0 Å². The number of anilines is 1. The molecular weight excluding hydrogens is 270 g/mol. The average Bonchev–Trinajstić information content (AvgIpc) is 2.68. The van der Waals surface area contributed by atoms with E-state index in [-0.39, 0.29) is 6.04 Å². The molecule has 1 N–H and O–H groups in total. The Balaban J connectivity index is 2.15. The Hall–Kier alpha value is -1.36. The van der Waals surface area contributed by atoms with Gasteiger partial charge in [0.25, 0.3) is 0 Å². The van der Waals surface area contributed by atoms with E-state index < -0.39 is 0 Å². The van der Waals surface area contributed by atoms with Crippen LogP contribution in [0.1, 0.15) is 24.6 Å². The van der Waals surface area contributed by atoms with Crippen LogP contribution in [-0.2, 0) is 0 Å². The highest BCUT2D eigenvalue weighted by Crippen LogP contribution is 2.19. The first kappa shape index (κ1) is 11.1. The number of hydrogen-bond donors (Lipinski definition) is 1. The van der Waals surface area contributed by atoms with Crippen LogP contribution in [-0.4, -0.2) is 9.97 Å². The third kappa shape index (κ3) is 2.61. The van der Waals surface area contributed by atoms with Gasteiger partial charge in [0.15, 0.2) is 0 Å². The van der Waals surface area contributed by atoms with Crippen molar-refractivity contribution in [1.29, 1.82) is 0 Å². The smallest absolute Gasteiger partial charge is 0.131 e. The predicted molar refractivity (Wildman–Crippen MR) is 65.2 cm³/mol. The van der Waals surface area contributed by atoms with Crippen LogP contribution in [0.15, 0.2) is 33.5 Å². The first-order chi connectivity index (χ1) is 7.65. The Morgan fingerprint density at radius 3 is 2.88 bits per heavy atom. The van der Waals surface area contributed by atoms with E-state index in [1.165, 1.54) is 0 Å². The van der Waals surface area contributed by atoms with Gasteiger partial charge < -0.3 is 9.73 Å². The molecule has 0 amide bonds. The second-order valence-electron chi connectivity index (χ2n) is 3.50. The second-order valence-corrected chi connectivity index (χ2v) is 4.32. The minimum Gasteiger partial charge on any atom is -0.467 e. The van der Waals surface area contributed by atoms with E-state index in [0.29, 0.717) is 0 Å². The van der Waals surface area contributed by atoms with Crippen LogP contribution < -0.4 is 5.32 Å². The lowest BCUT2D eigenvalue weighted by Gasteiger charge is -2.12. The first-order valence-electron chi connectivity index (χ1n) is 4.96. The van der Waals surface area contributed by atoms with Crippen LogP contribution in [0.3, 0.4) is 0 Å². The van der Waals surface area contributed by atoms with Crippen molar-refractivity contribution >= 4 is 21.7 Å². The molecule has 0 fully saturated rings. The average molecular weight is 282 g/mol. The Labute approximate surface area is 102 Å². The number of aryl methyl sites for hydroxylation is 1. The van der Waals surface area contributed by atoms with Gasteiger partial charge in [-0.3, -0.25) is 0 Å². The Morgan fingerprint density at radius 1 is 1.44 bits per heavy atom. The molecule has 0 bridgehead atoms. The van der Waals surface area contributed by atoms with Crippen LogP contribution >= 0.6 is 15.9 Å². The maximum atomic E-state index is 5.31. The lowest BCUT2D eigenvalue weighted by atomic mass is 10.2. The van der Waals surface area contributed by atoms with E-state index in [1.54, 1.807) is 6.26 Å². The maximum absolute atomic E-state index is 5.31. The summed E-state index contributed by atoms with van der Waals surface area (Å²) in [6.07, 6.45) is 1.66.